The highest BCUT2D eigenvalue weighted by molar-refractivity contribution is 6.35. The molecular formula is C23H22Cl2N2O2. The molecule has 29 heavy (non-hydrogen) atoms. The van der Waals surface area contributed by atoms with Crippen molar-refractivity contribution in [3.8, 4) is 0 Å². The molecule has 0 radical (unpaired) electrons. The number of allylic oxidation sites excluding steroid dienone is 2. The minimum Gasteiger partial charge on any atom is -0.378 e. The van der Waals surface area contributed by atoms with Gasteiger partial charge in [0.1, 0.15) is 0 Å². The molecular weight excluding hydrogens is 407 g/mol. The van der Waals surface area contributed by atoms with Gasteiger partial charge in [0.25, 0.3) is 5.91 Å². The smallest absolute Gasteiger partial charge is 0.256 e. The summed E-state index contributed by atoms with van der Waals surface area (Å²) in [4.78, 5) is 15.2. The molecule has 1 saturated heterocycles. The zero-order valence-electron chi connectivity index (χ0n) is 15.9. The first kappa shape index (κ1) is 19.0. The Hall–Kier alpha value is -2.01. The van der Waals surface area contributed by atoms with Gasteiger partial charge in [-0.25, -0.2) is 0 Å². The van der Waals surface area contributed by atoms with E-state index in [1.165, 1.54) is 5.56 Å². The molecule has 6 heteroatoms. The van der Waals surface area contributed by atoms with Crippen LogP contribution in [-0.4, -0.2) is 37.1 Å². The fourth-order valence-electron chi connectivity index (χ4n) is 4.80. The van der Waals surface area contributed by atoms with Gasteiger partial charge < -0.3 is 15.0 Å². The monoisotopic (exact) mass is 428 g/mol. The van der Waals surface area contributed by atoms with Gasteiger partial charge in [-0.15, -0.1) is 0 Å². The molecule has 1 aliphatic carbocycles. The predicted octanol–water partition coefficient (Wildman–Crippen LogP) is 5.29. The highest BCUT2D eigenvalue weighted by Gasteiger charge is 2.40. The number of halogens is 2. The Morgan fingerprint density at radius 3 is 2.72 bits per heavy atom. The number of benzene rings is 2. The molecule has 5 rings (SSSR count). The Labute approximate surface area is 180 Å². The lowest BCUT2D eigenvalue weighted by atomic mass is 9.76. The molecule has 1 fully saturated rings. The van der Waals surface area contributed by atoms with Crippen LogP contribution in [0.4, 0.5) is 5.69 Å². The minimum atomic E-state index is 0.0194. The normalized spacial score (nSPS) is 25.3. The lowest BCUT2D eigenvalue weighted by Crippen LogP contribution is -2.41. The fraction of sp³-hybridized carbons (Fsp3) is 0.348. The van der Waals surface area contributed by atoms with Crippen molar-refractivity contribution in [2.45, 2.75) is 18.4 Å². The summed E-state index contributed by atoms with van der Waals surface area (Å²) in [6.07, 6.45) is 5.48. The van der Waals surface area contributed by atoms with Crippen LogP contribution in [0.25, 0.3) is 0 Å². The average Bonchev–Trinajstić information content (AvgIpc) is 3.23. The van der Waals surface area contributed by atoms with Crippen molar-refractivity contribution < 1.29 is 9.53 Å². The van der Waals surface area contributed by atoms with Gasteiger partial charge in [-0.05, 0) is 41.7 Å². The second kappa shape index (κ2) is 7.67. The quantitative estimate of drug-likeness (QED) is 0.660. The van der Waals surface area contributed by atoms with Crippen LogP contribution >= 0.6 is 23.2 Å². The zero-order valence-corrected chi connectivity index (χ0v) is 17.4. The summed E-state index contributed by atoms with van der Waals surface area (Å²) < 4.78 is 5.41. The molecule has 0 spiro atoms. The summed E-state index contributed by atoms with van der Waals surface area (Å²) in [6.45, 7) is 2.43. The van der Waals surface area contributed by atoms with E-state index in [9.17, 15) is 4.79 Å². The van der Waals surface area contributed by atoms with Gasteiger partial charge in [0.2, 0.25) is 0 Å². The number of ether oxygens (including phenoxy) is 1. The molecule has 3 atom stereocenters. The highest BCUT2D eigenvalue weighted by Crippen LogP contribution is 2.51. The number of amides is 1. The van der Waals surface area contributed by atoms with Gasteiger partial charge >= 0.3 is 0 Å². The maximum atomic E-state index is 13.3. The fourth-order valence-corrected chi connectivity index (χ4v) is 5.32. The van der Waals surface area contributed by atoms with Gasteiger partial charge in [0.05, 0.1) is 30.5 Å². The van der Waals surface area contributed by atoms with E-state index in [0.29, 0.717) is 42.3 Å². The molecule has 150 valence electrons. The lowest BCUT2D eigenvalue weighted by Gasteiger charge is -2.39. The molecule has 1 N–H and O–H groups in total. The molecule has 0 saturated carbocycles. The van der Waals surface area contributed by atoms with E-state index >= 15 is 0 Å². The maximum absolute atomic E-state index is 13.3. The molecule has 2 heterocycles. The topological polar surface area (TPSA) is 41.6 Å². The largest absolute Gasteiger partial charge is 0.378 e. The molecule has 0 bridgehead atoms. The van der Waals surface area contributed by atoms with E-state index in [4.69, 9.17) is 27.9 Å². The van der Waals surface area contributed by atoms with Crippen LogP contribution in [0, 0.1) is 5.92 Å². The molecule has 3 aliphatic rings. The second-order valence-electron chi connectivity index (χ2n) is 7.82. The number of hydrogen-bond acceptors (Lipinski definition) is 3. The van der Waals surface area contributed by atoms with E-state index in [0.717, 1.165) is 23.2 Å². The summed E-state index contributed by atoms with van der Waals surface area (Å²) in [6, 6.07) is 11.7. The molecule has 4 nitrogen and oxygen atoms in total. The molecule has 2 aromatic rings. The number of nitrogens with one attached hydrogen (secondary N) is 1. The molecule has 1 amide bonds. The minimum absolute atomic E-state index is 0.0194. The van der Waals surface area contributed by atoms with Crippen molar-refractivity contribution in [2.75, 3.05) is 31.6 Å². The van der Waals surface area contributed by atoms with Crippen molar-refractivity contribution in [1.82, 2.24) is 4.90 Å². The SMILES string of the molecule is O=C(c1cccc2c1N[C@@H](c1ccc(Cl)cc1Cl)[C@@H]1CC=C[C@H]21)N1CCOCC1. The van der Waals surface area contributed by atoms with E-state index in [2.05, 4.69) is 23.5 Å². The number of fused-ring (bicyclic) bond motifs is 3. The summed E-state index contributed by atoms with van der Waals surface area (Å²) in [5, 5.41) is 4.97. The van der Waals surface area contributed by atoms with Crippen LogP contribution < -0.4 is 5.32 Å². The molecule has 0 unspecified atom stereocenters. The third-order valence-electron chi connectivity index (χ3n) is 6.22. The summed E-state index contributed by atoms with van der Waals surface area (Å²) in [7, 11) is 0. The van der Waals surface area contributed by atoms with Gasteiger partial charge in [-0.1, -0.05) is 53.6 Å². The summed E-state index contributed by atoms with van der Waals surface area (Å²) in [5.74, 6) is 0.675. The lowest BCUT2D eigenvalue weighted by molar-refractivity contribution is 0.0303. The Balaban J connectivity index is 1.57. The van der Waals surface area contributed by atoms with Crippen LogP contribution in [0.2, 0.25) is 10.0 Å². The van der Waals surface area contributed by atoms with Crippen LogP contribution in [0.15, 0.2) is 48.6 Å². The van der Waals surface area contributed by atoms with Gasteiger partial charge in [-0.3, -0.25) is 4.79 Å². The van der Waals surface area contributed by atoms with Crippen molar-refractivity contribution in [1.29, 1.82) is 0 Å². The van der Waals surface area contributed by atoms with Crippen molar-refractivity contribution in [3.63, 3.8) is 0 Å². The van der Waals surface area contributed by atoms with Crippen LogP contribution in [0.5, 0.6) is 0 Å². The van der Waals surface area contributed by atoms with Gasteiger partial charge in [0.15, 0.2) is 0 Å². The van der Waals surface area contributed by atoms with E-state index in [-0.39, 0.29) is 17.9 Å². The Kier molecular flexibility index (Phi) is 5.02. The summed E-state index contributed by atoms with van der Waals surface area (Å²) in [5.41, 5.74) is 3.85. The third-order valence-corrected chi connectivity index (χ3v) is 6.79. The van der Waals surface area contributed by atoms with E-state index < -0.39 is 0 Å². The van der Waals surface area contributed by atoms with E-state index in [1.54, 1.807) is 6.07 Å². The number of carbonyl (C=O) groups is 1. The number of morpholine rings is 1. The van der Waals surface area contributed by atoms with Crippen LogP contribution in [0.3, 0.4) is 0 Å². The Morgan fingerprint density at radius 2 is 1.93 bits per heavy atom. The van der Waals surface area contributed by atoms with Crippen molar-refractivity contribution in [3.05, 3.63) is 75.3 Å². The summed E-state index contributed by atoms with van der Waals surface area (Å²) >= 11 is 12.7. The third kappa shape index (κ3) is 3.33. The molecule has 2 aromatic carbocycles. The number of anilines is 1. The predicted molar refractivity (Wildman–Crippen MR) is 116 cm³/mol. The van der Waals surface area contributed by atoms with Crippen molar-refractivity contribution in [2.24, 2.45) is 5.92 Å². The Bertz CT molecular complexity index is 985. The second-order valence-corrected chi connectivity index (χ2v) is 8.66. The van der Waals surface area contributed by atoms with Crippen LogP contribution in [-0.2, 0) is 4.74 Å². The van der Waals surface area contributed by atoms with Gasteiger partial charge in [0, 0.05) is 29.1 Å². The number of carbonyl (C=O) groups excluding carboxylic acids is 1. The van der Waals surface area contributed by atoms with Crippen molar-refractivity contribution >= 4 is 34.8 Å². The molecule has 0 aromatic heterocycles. The standard InChI is InChI=1S/C23H22Cl2N2O2/c24-14-7-8-18(20(25)13-14)21-16-4-1-3-15(16)17-5-2-6-19(22(17)26-21)23(28)27-9-11-29-12-10-27/h1-3,5-8,13,15-16,21,26H,4,9-12H2/t15-,16+,21+/m0/s1. The zero-order chi connectivity index (χ0) is 20.0. The average molecular weight is 429 g/mol. The first-order chi connectivity index (χ1) is 14.1. The first-order valence-corrected chi connectivity index (χ1v) is 10.8. The van der Waals surface area contributed by atoms with E-state index in [1.807, 2.05) is 29.2 Å². The molecule has 2 aliphatic heterocycles. The number of hydrogen-bond donors (Lipinski definition) is 1. The van der Waals surface area contributed by atoms with Gasteiger partial charge in [-0.2, -0.15) is 0 Å². The van der Waals surface area contributed by atoms with Crippen LogP contribution in [0.1, 0.15) is 39.9 Å². The Morgan fingerprint density at radius 1 is 1.10 bits per heavy atom. The highest BCUT2D eigenvalue weighted by atomic mass is 35.5. The maximum Gasteiger partial charge on any atom is 0.256 e. The number of nitrogens with zero attached hydrogens (tertiary/aromatic N) is 1. The number of rotatable bonds is 2. The number of para-hydroxylation sites is 1. The first-order valence-electron chi connectivity index (χ1n) is 10.0.